The number of aliphatic hydroxyl groups excluding tert-OH is 2. The van der Waals surface area contributed by atoms with Crippen LogP contribution >= 0.6 is 0 Å². The third-order valence-electron chi connectivity index (χ3n) is 11.3. The number of aliphatic hydroxyl groups is 2. The van der Waals surface area contributed by atoms with Crippen LogP contribution < -0.4 is 0 Å². The molecule has 1 aliphatic rings. The van der Waals surface area contributed by atoms with E-state index in [4.69, 9.17) is 0 Å². The van der Waals surface area contributed by atoms with Crippen LogP contribution in [0.1, 0.15) is 157 Å². The van der Waals surface area contributed by atoms with Crippen molar-refractivity contribution in [3.8, 4) is 51.7 Å². The van der Waals surface area contributed by atoms with E-state index in [1.165, 1.54) is 20.8 Å². The van der Waals surface area contributed by atoms with Gasteiger partial charge < -0.3 is 56.2 Å². The highest BCUT2D eigenvalue weighted by Gasteiger charge is 2.45. The summed E-state index contributed by atoms with van der Waals surface area (Å²) in [6, 6.07) is 0. The van der Waals surface area contributed by atoms with Gasteiger partial charge in [0.25, 0.3) is 0 Å². The molecule has 0 unspecified atom stereocenters. The van der Waals surface area contributed by atoms with Crippen molar-refractivity contribution < 1.29 is 80.1 Å². The number of allylic oxidation sites excluding steroid dienone is 3. The lowest BCUT2D eigenvalue weighted by Crippen LogP contribution is -2.36. The lowest BCUT2D eigenvalue weighted by atomic mass is 9.73. The number of phenolic OH excluding ortho intramolecular Hbond substituents is 9. The number of phenols is 9. The van der Waals surface area contributed by atoms with E-state index in [1.807, 2.05) is 0 Å². The largest absolute Gasteiger partial charge is 0.511 e. The lowest BCUT2D eigenvalue weighted by Gasteiger charge is -2.31. The molecule has 11 N–H and O–H groups in total. The second-order valence-electron chi connectivity index (χ2n) is 16.0. The molecule has 0 saturated carbocycles. The summed E-state index contributed by atoms with van der Waals surface area (Å²) in [6.45, 7) is 10.4. The molecule has 0 atom stereocenters. The molecular formula is C46H54O16. The van der Waals surface area contributed by atoms with Gasteiger partial charge in [-0.05, 0) is 46.5 Å². The van der Waals surface area contributed by atoms with E-state index in [0.717, 1.165) is 0 Å². The molecule has 0 bridgehead atoms. The van der Waals surface area contributed by atoms with Gasteiger partial charge in [-0.25, -0.2) is 0 Å². The Bertz CT molecular complexity index is 2470. The van der Waals surface area contributed by atoms with Crippen molar-refractivity contribution in [1.82, 2.24) is 0 Å². The van der Waals surface area contributed by atoms with Crippen LogP contribution in [0, 0.1) is 12.3 Å². The van der Waals surface area contributed by atoms with Crippen LogP contribution in [0.25, 0.3) is 0 Å². The summed E-state index contributed by atoms with van der Waals surface area (Å²) >= 11 is 0. The minimum absolute atomic E-state index is 0.120. The number of carbonyl (C=O) groups is 5. The highest BCUT2D eigenvalue weighted by Crippen LogP contribution is 2.52. The molecule has 1 aliphatic carbocycles. The molecule has 0 saturated heterocycles. The van der Waals surface area contributed by atoms with E-state index in [9.17, 15) is 80.1 Å². The molecule has 3 aromatic rings. The highest BCUT2D eigenvalue weighted by atomic mass is 16.3. The van der Waals surface area contributed by atoms with Crippen molar-refractivity contribution in [2.45, 2.75) is 119 Å². The zero-order valence-electron chi connectivity index (χ0n) is 35.7. The first-order chi connectivity index (χ1) is 29.0. The Morgan fingerprint density at radius 3 is 1.10 bits per heavy atom. The summed E-state index contributed by atoms with van der Waals surface area (Å²) in [5.74, 6) is -14.3. The molecule has 0 amide bonds. The van der Waals surface area contributed by atoms with Crippen LogP contribution in [-0.2, 0) is 28.9 Å². The van der Waals surface area contributed by atoms with Crippen molar-refractivity contribution >= 4 is 28.9 Å². The Morgan fingerprint density at radius 1 is 0.435 bits per heavy atom. The molecule has 16 heteroatoms. The fraction of sp³-hybridized carbons (Fsp3) is 0.413. The van der Waals surface area contributed by atoms with Gasteiger partial charge in [-0.3, -0.25) is 24.0 Å². The molecule has 0 heterocycles. The summed E-state index contributed by atoms with van der Waals surface area (Å²) in [5, 5.41) is 126. The number of rotatable bonds is 18. The molecule has 0 spiro atoms. The second-order valence-corrected chi connectivity index (χ2v) is 16.0. The van der Waals surface area contributed by atoms with Crippen LogP contribution in [0.15, 0.2) is 22.7 Å². The Kier molecular flexibility index (Phi) is 14.3. The molecule has 4 rings (SSSR count). The number of ketones is 5. The first-order valence-electron chi connectivity index (χ1n) is 20.3. The van der Waals surface area contributed by atoms with Gasteiger partial charge in [-0.2, -0.15) is 0 Å². The number of carbonyl (C=O) groups excluding carboxylic acids is 5. The topological polar surface area (TPSA) is 308 Å². The Balaban J connectivity index is 2.09. The summed E-state index contributed by atoms with van der Waals surface area (Å²) in [7, 11) is 0. The smallest absolute Gasteiger partial charge is 0.183 e. The molecule has 3 aromatic carbocycles. The predicted molar refractivity (Wildman–Crippen MR) is 224 cm³/mol. The molecule has 334 valence electrons. The van der Waals surface area contributed by atoms with Gasteiger partial charge in [0.2, 0.25) is 0 Å². The van der Waals surface area contributed by atoms with Gasteiger partial charge in [0.15, 0.2) is 28.9 Å². The molecule has 0 aromatic heterocycles. The van der Waals surface area contributed by atoms with Gasteiger partial charge in [-0.15, -0.1) is 0 Å². The van der Waals surface area contributed by atoms with Gasteiger partial charge in [-0.1, -0.05) is 27.7 Å². The van der Waals surface area contributed by atoms with E-state index in [-0.39, 0.29) is 44.1 Å². The maximum Gasteiger partial charge on any atom is 0.183 e. The number of benzene rings is 3. The van der Waals surface area contributed by atoms with E-state index >= 15 is 0 Å². The third kappa shape index (κ3) is 8.20. The SMILES string of the molecule is CCCC(=O)C1=C(O)C(Cc2c(O)c(Cc3c(O)c(Cc4c(O)c(C)c(O)c(C(=O)CCC)c4O)c(O)c(C(=O)CCC)c3O)c(O)c(C(=O)CCC)c2O)=C(O)C(C)(C)C1=O. The zero-order valence-corrected chi connectivity index (χ0v) is 35.7. The second kappa shape index (κ2) is 18.5. The van der Waals surface area contributed by atoms with Crippen LogP contribution in [0.2, 0.25) is 0 Å². The van der Waals surface area contributed by atoms with Crippen LogP contribution in [0.3, 0.4) is 0 Å². The molecule has 62 heavy (non-hydrogen) atoms. The monoisotopic (exact) mass is 862 g/mol. The zero-order chi connectivity index (χ0) is 46.9. The van der Waals surface area contributed by atoms with Crippen molar-refractivity contribution in [3.05, 3.63) is 72.7 Å². The summed E-state index contributed by atoms with van der Waals surface area (Å²) in [6.07, 6.45) is -2.46. The molecule has 0 fully saturated rings. The molecule has 0 aliphatic heterocycles. The Hall–Kier alpha value is -6.71. The predicted octanol–water partition coefficient (Wildman–Crippen LogP) is 7.62. The standard InChI is InChI=1S/C46H54O16/c1-8-12-26(47)30-35(52)19(5)34(51)20(38(30)55)16-21-36(53)22(40(57)31(39(21)56)27(48)13-9-2)17-23-37(54)24(42(59)32(41(23)58)28(49)14-10-3)18-25-43(60)33(29(50)15-11-4)45(62)46(6,7)44(25)61/h51-61H,8-18H2,1-7H3. The fourth-order valence-electron chi connectivity index (χ4n) is 7.70. The minimum Gasteiger partial charge on any atom is -0.511 e. The van der Waals surface area contributed by atoms with Crippen LogP contribution in [0.4, 0.5) is 0 Å². The number of hydrogen-bond acceptors (Lipinski definition) is 16. The highest BCUT2D eigenvalue weighted by molar-refractivity contribution is 6.24. The van der Waals surface area contributed by atoms with Crippen molar-refractivity contribution in [3.63, 3.8) is 0 Å². The average Bonchev–Trinajstić information content (AvgIpc) is 3.19. The maximum atomic E-state index is 13.5. The van der Waals surface area contributed by atoms with E-state index in [2.05, 4.69) is 0 Å². The normalized spacial score (nSPS) is 13.8. The van der Waals surface area contributed by atoms with Crippen molar-refractivity contribution in [2.75, 3.05) is 0 Å². The third-order valence-corrected chi connectivity index (χ3v) is 11.3. The molecular weight excluding hydrogens is 808 g/mol. The van der Waals surface area contributed by atoms with E-state index < -0.39 is 173 Å². The summed E-state index contributed by atoms with van der Waals surface area (Å²) < 4.78 is 0. The van der Waals surface area contributed by atoms with E-state index in [0.29, 0.717) is 12.8 Å². The van der Waals surface area contributed by atoms with E-state index in [1.54, 1.807) is 27.7 Å². The minimum atomic E-state index is -1.80. The average molecular weight is 863 g/mol. The van der Waals surface area contributed by atoms with Crippen LogP contribution in [-0.4, -0.2) is 85.1 Å². The number of hydrogen-bond donors (Lipinski definition) is 11. The van der Waals surface area contributed by atoms with Crippen molar-refractivity contribution in [1.29, 1.82) is 0 Å². The molecule has 0 radical (unpaired) electrons. The lowest BCUT2D eigenvalue weighted by molar-refractivity contribution is -0.127. The Labute approximate surface area is 357 Å². The first kappa shape index (κ1) is 48.0. The summed E-state index contributed by atoms with van der Waals surface area (Å²) in [4.78, 5) is 66.5. The van der Waals surface area contributed by atoms with Gasteiger partial charge in [0.1, 0.15) is 85.5 Å². The number of Topliss-reactive ketones (excluding diaryl/α,β-unsaturated/α-hetero) is 5. The van der Waals surface area contributed by atoms with Gasteiger partial charge >= 0.3 is 0 Å². The summed E-state index contributed by atoms with van der Waals surface area (Å²) in [5.41, 5.74) is -8.26. The van der Waals surface area contributed by atoms with Gasteiger partial charge in [0, 0.05) is 83.9 Å². The maximum absolute atomic E-state index is 13.5. The molecule has 16 nitrogen and oxygen atoms in total. The van der Waals surface area contributed by atoms with Crippen LogP contribution in [0.5, 0.6) is 51.7 Å². The van der Waals surface area contributed by atoms with Crippen molar-refractivity contribution in [2.24, 2.45) is 5.41 Å². The number of aromatic hydroxyl groups is 9. The first-order valence-corrected chi connectivity index (χ1v) is 20.3. The Morgan fingerprint density at radius 2 is 0.742 bits per heavy atom. The quantitative estimate of drug-likeness (QED) is 0.0433. The fourth-order valence-corrected chi connectivity index (χ4v) is 7.70. The van der Waals surface area contributed by atoms with Gasteiger partial charge in [0.05, 0.1) is 5.41 Å².